The fourth-order valence-corrected chi connectivity index (χ4v) is 3.70. The fourth-order valence-electron chi connectivity index (χ4n) is 3.70. The molecule has 2 heterocycles. The van der Waals surface area contributed by atoms with Gasteiger partial charge in [-0.2, -0.15) is 0 Å². The monoisotopic (exact) mass is 431 g/mol. The van der Waals surface area contributed by atoms with Gasteiger partial charge in [-0.3, -0.25) is 9.89 Å². The first-order chi connectivity index (χ1) is 15.0. The summed E-state index contributed by atoms with van der Waals surface area (Å²) in [7, 11) is 6.69. The van der Waals surface area contributed by atoms with Crippen LogP contribution in [0.15, 0.2) is 21.5 Å². The number of rotatable bonds is 7. The van der Waals surface area contributed by atoms with E-state index in [-0.39, 0.29) is 0 Å². The summed E-state index contributed by atoms with van der Waals surface area (Å²) >= 11 is 0. The Labute approximate surface area is 184 Å². The first kappa shape index (κ1) is 22.7. The van der Waals surface area contributed by atoms with E-state index < -0.39 is 0 Å². The van der Waals surface area contributed by atoms with Crippen LogP contribution < -0.4 is 19.5 Å². The predicted octanol–water partition coefficient (Wildman–Crippen LogP) is 2.21. The lowest BCUT2D eigenvalue weighted by molar-refractivity contribution is 0.172. The smallest absolute Gasteiger partial charge is 0.214 e. The molecule has 1 aliphatic rings. The summed E-state index contributed by atoms with van der Waals surface area (Å²) in [5.41, 5.74) is 2.05. The zero-order valence-electron chi connectivity index (χ0n) is 19.3. The first-order valence-electron chi connectivity index (χ1n) is 10.4. The van der Waals surface area contributed by atoms with Crippen molar-refractivity contribution >= 4 is 5.96 Å². The van der Waals surface area contributed by atoms with Gasteiger partial charge in [0.1, 0.15) is 5.76 Å². The minimum Gasteiger partial charge on any atom is -0.493 e. The summed E-state index contributed by atoms with van der Waals surface area (Å²) in [6.07, 6.45) is 0. The lowest BCUT2D eigenvalue weighted by Gasteiger charge is -2.36. The van der Waals surface area contributed by atoms with Gasteiger partial charge in [0.05, 0.1) is 33.6 Å². The molecule has 3 rings (SSSR count). The molecule has 0 unspecified atom stereocenters. The number of piperazine rings is 1. The van der Waals surface area contributed by atoms with Crippen LogP contribution in [0.25, 0.3) is 0 Å². The fraction of sp³-hybridized carbons (Fsp3) is 0.545. The van der Waals surface area contributed by atoms with Crippen LogP contribution >= 0.6 is 0 Å². The maximum absolute atomic E-state index is 5.65. The van der Waals surface area contributed by atoms with Crippen molar-refractivity contribution in [1.29, 1.82) is 0 Å². The largest absolute Gasteiger partial charge is 0.493 e. The molecule has 1 aromatic carbocycles. The van der Waals surface area contributed by atoms with Crippen LogP contribution in [0.2, 0.25) is 0 Å². The van der Waals surface area contributed by atoms with E-state index >= 15 is 0 Å². The summed E-state index contributed by atoms with van der Waals surface area (Å²) < 4.78 is 22.0. The van der Waals surface area contributed by atoms with Crippen molar-refractivity contribution in [1.82, 2.24) is 20.1 Å². The van der Waals surface area contributed by atoms with Gasteiger partial charge in [0.25, 0.3) is 0 Å². The van der Waals surface area contributed by atoms with Crippen LogP contribution in [0.5, 0.6) is 17.2 Å². The van der Waals surface area contributed by atoms with E-state index in [9.17, 15) is 0 Å². The third-order valence-electron chi connectivity index (χ3n) is 5.48. The Hall–Kier alpha value is -2.94. The second-order valence-corrected chi connectivity index (χ2v) is 7.45. The van der Waals surface area contributed by atoms with E-state index in [0.29, 0.717) is 29.7 Å². The molecule has 0 radical (unpaired) electrons. The molecule has 0 spiro atoms. The van der Waals surface area contributed by atoms with E-state index in [2.05, 4.69) is 25.1 Å². The number of aliphatic imine (C=N–C) groups is 1. The van der Waals surface area contributed by atoms with Crippen molar-refractivity contribution in [3.05, 3.63) is 35.0 Å². The van der Waals surface area contributed by atoms with Gasteiger partial charge in [-0.15, -0.1) is 0 Å². The predicted molar refractivity (Wildman–Crippen MR) is 119 cm³/mol. The molecular weight excluding hydrogens is 398 g/mol. The number of oxazole rings is 1. The van der Waals surface area contributed by atoms with Gasteiger partial charge >= 0.3 is 0 Å². The van der Waals surface area contributed by atoms with Crippen LogP contribution in [0, 0.1) is 13.8 Å². The number of aryl methyl sites for hydroxylation is 2. The summed E-state index contributed by atoms with van der Waals surface area (Å²) in [5, 5.41) is 3.36. The number of methoxy groups -OCH3 is 3. The molecule has 170 valence electrons. The highest BCUT2D eigenvalue weighted by Gasteiger charge is 2.21. The van der Waals surface area contributed by atoms with Crippen molar-refractivity contribution < 1.29 is 18.6 Å². The quantitative estimate of drug-likeness (QED) is 0.528. The highest BCUT2D eigenvalue weighted by molar-refractivity contribution is 5.79. The van der Waals surface area contributed by atoms with Gasteiger partial charge in [0.2, 0.25) is 11.6 Å². The minimum atomic E-state index is 0.521. The molecule has 9 nitrogen and oxygen atoms in total. The van der Waals surface area contributed by atoms with Gasteiger partial charge in [-0.1, -0.05) is 0 Å². The number of nitrogens with one attached hydrogen (secondary N) is 1. The van der Waals surface area contributed by atoms with Crippen molar-refractivity contribution in [3.8, 4) is 17.2 Å². The topological polar surface area (TPSA) is 84.6 Å². The second-order valence-electron chi connectivity index (χ2n) is 7.45. The number of hydrogen-bond donors (Lipinski definition) is 1. The normalized spacial score (nSPS) is 15.2. The summed E-state index contributed by atoms with van der Waals surface area (Å²) in [6.45, 7) is 8.82. The lowest BCUT2D eigenvalue weighted by atomic mass is 10.1. The van der Waals surface area contributed by atoms with Crippen molar-refractivity contribution in [2.75, 3.05) is 54.6 Å². The maximum Gasteiger partial charge on any atom is 0.214 e. The maximum atomic E-state index is 5.65. The highest BCUT2D eigenvalue weighted by Crippen LogP contribution is 2.38. The summed E-state index contributed by atoms with van der Waals surface area (Å²) in [6, 6.07) is 4.02. The number of aromatic nitrogens is 1. The molecule has 1 aromatic heterocycles. The Kier molecular flexibility index (Phi) is 7.62. The number of guanidine groups is 1. The van der Waals surface area contributed by atoms with Gasteiger partial charge in [0.15, 0.2) is 17.5 Å². The first-order valence-corrected chi connectivity index (χ1v) is 10.4. The molecule has 1 fully saturated rings. The SMILES string of the molecule is CN=C(NCc1nc(C)c(C)o1)N1CCN(Cc2cc(OC)c(OC)c(OC)c2)CC1. The van der Waals surface area contributed by atoms with E-state index in [1.165, 1.54) is 0 Å². The van der Waals surface area contributed by atoms with Gasteiger partial charge in [-0.05, 0) is 31.5 Å². The van der Waals surface area contributed by atoms with E-state index in [0.717, 1.165) is 55.7 Å². The molecule has 9 heteroatoms. The standard InChI is InChI=1S/C22H33N5O4/c1-15-16(2)31-20(25-15)13-24-22(23-3)27-9-7-26(8-10-27)14-17-11-18(28-4)21(30-6)19(12-17)29-5/h11-12H,7-10,13-14H2,1-6H3,(H,23,24). The van der Waals surface area contributed by atoms with Crippen LogP contribution in [-0.4, -0.2) is 75.3 Å². The average Bonchev–Trinajstić information content (AvgIpc) is 3.11. The molecule has 31 heavy (non-hydrogen) atoms. The molecule has 0 saturated carbocycles. The Morgan fingerprint density at radius 2 is 1.71 bits per heavy atom. The van der Waals surface area contributed by atoms with Gasteiger partial charge in [-0.25, -0.2) is 4.98 Å². The van der Waals surface area contributed by atoms with E-state index in [1.807, 2.05) is 26.0 Å². The van der Waals surface area contributed by atoms with Crippen LogP contribution in [0.3, 0.4) is 0 Å². The van der Waals surface area contributed by atoms with E-state index in [4.69, 9.17) is 18.6 Å². The third kappa shape index (κ3) is 5.41. The molecule has 1 N–H and O–H groups in total. The van der Waals surface area contributed by atoms with E-state index in [1.54, 1.807) is 28.4 Å². The Bertz CT molecular complexity index is 859. The third-order valence-corrected chi connectivity index (χ3v) is 5.48. The molecule has 2 aromatic rings. The molecule has 0 amide bonds. The average molecular weight is 432 g/mol. The Morgan fingerprint density at radius 1 is 1.06 bits per heavy atom. The highest BCUT2D eigenvalue weighted by atomic mass is 16.5. The zero-order valence-corrected chi connectivity index (χ0v) is 19.3. The Morgan fingerprint density at radius 3 is 2.19 bits per heavy atom. The molecule has 1 aliphatic heterocycles. The van der Waals surface area contributed by atoms with Crippen LogP contribution in [0.4, 0.5) is 0 Å². The van der Waals surface area contributed by atoms with Crippen LogP contribution in [-0.2, 0) is 13.1 Å². The van der Waals surface area contributed by atoms with Crippen molar-refractivity contribution in [2.45, 2.75) is 26.9 Å². The Balaban J connectivity index is 1.56. The van der Waals surface area contributed by atoms with Gasteiger partial charge < -0.3 is 28.8 Å². The summed E-state index contributed by atoms with van der Waals surface area (Å²) in [5.74, 6) is 4.37. The van der Waals surface area contributed by atoms with Crippen molar-refractivity contribution in [2.24, 2.45) is 4.99 Å². The molecule has 0 atom stereocenters. The number of ether oxygens (including phenoxy) is 3. The molecule has 1 saturated heterocycles. The molecule has 0 bridgehead atoms. The number of nitrogens with zero attached hydrogens (tertiary/aromatic N) is 4. The lowest BCUT2D eigenvalue weighted by Crippen LogP contribution is -2.52. The number of benzene rings is 1. The second kappa shape index (κ2) is 10.4. The molecular formula is C22H33N5O4. The van der Waals surface area contributed by atoms with Crippen molar-refractivity contribution in [3.63, 3.8) is 0 Å². The zero-order chi connectivity index (χ0) is 22.4. The van der Waals surface area contributed by atoms with Gasteiger partial charge in [0, 0.05) is 39.8 Å². The molecule has 0 aliphatic carbocycles. The summed E-state index contributed by atoms with van der Waals surface area (Å²) in [4.78, 5) is 13.5. The van der Waals surface area contributed by atoms with Crippen LogP contribution in [0.1, 0.15) is 22.9 Å². The number of hydrogen-bond acceptors (Lipinski definition) is 7. The minimum absolute atomic E-state index is 0.521.